The fourth-order valence-corrected chi connectivity index (χ4v) is 1.52. The maximum Gasteiger partial charge on any atom is 0.165 e. The van der Waals surface area contributed by atoms with Gasteiger partial charge in [-0.25, -0.2) is 0 Å². The summed E-state index contributed by atoms with van der Waals surface area (Å²) < 4.78 is 53.8. The topological polar surface area (TPSA) is 17.1 Å². The minimum absolute atomic E-state index is 0.0232. The second-order valence-electron chi connectivity index (χ2n) is 4.38. The average Bonchev–Trinajstić information content (AvgIpc) is 2.34. The van der Waals surface area contributed by atoms with Crippen molar-refractivity contribution in [3.8, 4) is 0 Å². The van der Waals surface area contributed by atoms with E-state index in [9.17, 15) is 4.79 Å². The number of halogens is 1. The van der Waals surface area contributed by atoms with Gasteiger partial charge in [0.2, 0.25) is 0 Å². The van der Waals surface area contributed by atoms with Gasteiger partial charge in [0.15, 0.2) is 5.78 Å². The number of Topliss-reactive ketones (excluding diaryl/α,β-unsaturated/α-hetero) is 1. The first kappa shape index (κ1) is 6.20. The minimum Gasteiger partial charge on any atom is -0.294 e. The van der Waals surface area contributed by atoms with E-state index in [0.717, 1.165) is 0 Å². The van der Waals surface area contributed by atoms with Gasteiger partial charge in [0.1, 0.15) is 0 Å². The Balaban J connectivity index is 3.37. The van der Waals surface area contributed by atoms with Crippen molar-refractivity contribution in [3.63, 3.8) is 0 Å². The SMILES string of the molecule is [2H]C([2H])([2H])C(C)(C)C[C@@]([2H])(C(=O)c1cccc(Cl)c1)C([2H])([2H])[2H]. The largest absolute Gasteiger partial charge is 0.294 e. The fourth-order valence-electron chi connectivity index (χ4n) is 1.33. The minimum atomic E-state index is -2.98. The molecule has 1 aromatic carbocycles. The highest BCUT2D eigenvalue weighted by Gasteiger charge is 2.21. The molecular weight excluding hydrogens is 220 g/mol. The number of rotatable bonds is 3. The molecule has 16 heavy (non-hydrogen) atoms. The summed E-state index contributed by atoms with van der Waals surface area (Å²) in [6.45, 7) is -2.81. The van der Waals surface area contributed by atoms with Crippen LogP contribution in [0, 0.1) is 11.3 Å². The molecule has 0 radical (unpaired) electrons. The number of hydrogen-bond donors (Lipinski definition) is 0. The number of carbonyl (C=O) groups is 1. The van der Waals surface area contributed by atoms with Crippen LogP contribution in [0.3, 0.4) is 0 Å². The van der Waals surface area contributed by atoms with E-state index in [4.69, 9.17) is 21.2 Å². The highest BCUT2D eigenvalue weighted by Crippen LogP contribution is 2.26. The quantitative estimate of drug-likeness (QED) is 0.712. The molecule has 0 saturated carbocycles. The number of ketones is 1. The number of benzene rings is 1. The van der Waals surface area contributed by atoms with Gasteiger partial charge in [-0.3, -0.25) is 4.79 Å². The summed E-state index contributed by atoms with van der Waals surface area (Å²) in [6.07, 6.45) is -0.627. The third-order valence-electron chi connectivity index (χ3n) is 1.98. The highest BCUT2D eigenvalue weighted by atomic mass is 35.5. The molecule has 0 amide bonds. The molecule has 0 bridgehead atoms. The summed E-state index contributed by atoms with van der Waals surface area (Å²) in [5, 5.41) is 0.235. The zero-order valence-electron chi connectivity index (χ0n) is 16.3. The van der Waals surface area contributed by atoms with Crippen molar-refractivity contribution in [1.29, 1.82) is 0 Å². The average molecular weight is 246 g/mol. The van der Waals surface area contributed by atoms with Gasteiger partial charge in [-0.15, -0.1) is 0 Å². The van der Waals surface area contributed by atoms with E-state index < -0.39 is 37.2 Å². The van der Waals surface area contributed by atoms with E-state index >= 15 is 0 Å². The van der Waals surface area contributed by atoms with E-state index in [0.29, 0.717) is 0 Å². The molecule has 1 aromatic rings. The van der Waals surface area contributed by atoms with Gasteiger partial charge in [-0.1, -0.05) is 51.3 Å². The number of carbonyl (C=O) groups excluding carboxylic acids is 1. The molecule has 0 aliphatic heterocycles. The van der Waals surface area contributed by atoms with Crippen LogP contribution in [-0.4, -0.2) is 5.78 Å². The van der Waals surface area contributed by atoms with Crippen LogP contribution >= 0.6 is 11.6 Å². The molecule has 2 heteroatoms. The molecule has 0 unspecified atom stereocenters. The summed E-state index contributed by atoms with van der Waals surface area (Å²) in [7, 11) is 0. The van der Waals surface area contributed by atoms with Gasteiger partial charge in [-0.2, -0.15) is 0 Å². The standard InChI is InChI=1S/C14H19ClO/c1-10(9-14(2,3)4)13(16)11-6-5-7-12(15)8-11/h5-8,10H,9H2,1-4H3/t10-/m0/s1/i1D3,2D3,10D. The molecule has 0 N–H and O–H groups in total. The fraction of sp³-hybridized carbons (Fsp3) is 0.500. The van der Waals surface area contributed by atoms with E-state index in [1.165, 1.54) is 38.1 Å². The lowest BCUT2D eigenvalue weighted by Crippen LogP contribution is -2.18. The lowest BCUT2D eigenvalue weighted by Gasteiger charge is -2.22. The molecule has 0 aliphatic carbocycles. The summed E-state index contributed by atoms with van der Waals surface area (Å²) in [4.78, 5) is 12.7. The Morgan fingerprint density at radius 2 is 2.38 bits per heavy atom. The molecule has 0 aromatic heterocycles. The normalized spacial score (nSPS) is 23.6. The maximum atomic E-state index is 12.7. The van der Waals surface area contributed by atoms with Crippen LogP contribution in [0.2, 0.25) is 5.02 Å². The van der Waals surface area contributed by atoms with E-state index in [1.807, 2.05) is 0 Å². The molecule has 0 spiro atoms. The van der Waals surface area contributed by atoms with Crippen molar-refractivity contribution in [2.75, 3.05) is 0 Å². The molecule has 0 saturated heterocycles. The van der Waals surface area contributed by atoms with Crippen molar-refractivity contribution < 1.29 is 14.4 Å². The first-order chi connectivity index (χ1) is 10.1. The molecule has 0 heterocycles. The second-order valence-corrected chi connectivity index (χ2v) is 4.82. The van der Waals surface area contributed by atoms with E-state index in [-0.39, 0.29) is 10.6 Å². The predicted molar refractivity (Wildman–Crippen MR) is 69.0 cm³/mol. The van der Waals surface area contributed by atoms with Crippen LogP contribution < -0.4 is 0 Å². The van der Waals surface area contributed by atoms with Crippen LogP contribution in [0.4, 0.5) is 0 Å². The van der Waals surface area contributed by atoms with Gasteiger partial charge < -0.3 is 0 Å². The summed E-state index contributed by atoms with van der Waals surface area (Å²) >= 11 is 5.81. The number of hydrogen-bond acceptors (Lipinski definition) is 1. The van der Waals surface area contributed by atoms with Crippen molar-refractivity contribution in [1.82, 2.24) is 0 Å². The summed E-state index contributed by atoms with van der Waals surface area (Å²) in [5.74, 6) is -3.53. The van der Waals surface area contributed by atoms with Gasteiger partial charge in [0, 0.05) is 26.1 Å². The summed E-state index contributed by atoms with van der Waals surface area (Å²) in [5.41, 5.74) is -1.54. The maximum absolute atomic E-state index is 12.7. The first-order valence-electron chi connectivity index (χ1n) is 8.42. The van der Waals surface area contributed by atoms with Crippen LogP contribution in [0.15, 0.2) is 24.3 Å². The third-order valence-corrected chi connectivity index (χ3v) is 2.21. The van der Waals surface area contributed by atoms with Crippen LogP contribution in [0.1, 0.15) is 53.9 Å². The van der Waals surface area contributed by atoms with Gasteiger partial charge in [-0.05, 0) is 24.0 Å². The smallest absolute Gasteiger partial charge is 0.165 e. The molecular formula is C14H19ClO. The van der Waals surface area contributed by atoms with E-state index in [1.54, 1.807) is 0 Å². The van der Waals surface area contributed by atoms with Gasteiger partial charge >= 0.3 is 0 Å². The zero-order valence-corrected chi connectivity index (χ0v) is 10.1. The van der Waals surface area contributed by atoms with Crippen LogP contribution in [0.25, 0.3) is 0 Å². The van der Waals surface area contributed by atoms with Crippen molar-refractivity contribution in [2.45, 2.75) is 34.0 Å². The Hall–Kier alpha value is -0.820. The second kappa shape index (κ2) is 5.01. The Labute approximate surface area is 113 Å². The van der Waals surface area contributed by atoms with Crippen molar-refractivity contribution in [3.05, 3.63) is 34.9 Å². The van der Waals surface area contributed by atoms with E-state index in [2.05, 4.69) is 0 Å². The van der Waals surface area contributed by atoms with Crippen molar-refractivity contribution in [2.24, 2.45) is 11.3 Å². The Morgan fingerprint density at radius 3 is 2.94 bits per heavy atom. The lowest BCUT2D eigenvalue weighted by molar-refractivity contribution is 0.0897. The molecule has 0 aliphatic rings. The predicted octanol–water partition coefficient (Wildman–Crippen LogP) is 4.60. The van der Waals surface area contributed by atoms with Gasteiger partial charge in [0.25, 0.3) is 0 Å². The molecule has 1 nitrogen and oxygen atoms in total. The van der Waals surface area contributed by atoms with Crippen LogP contribution in [0.5, 0.6) is 0 Å². The third kappa shape index (κ3) is 3.97. The van der Waals surface area contributed by atoms with Crippen molar-refractivity contribution >= 4 is 17.4 Å². The highest BCUT2D eigenvalue weighted by molar-refractivity contribution is 6.31. The Bertz CT molecular complexity index is 592. The molecule has 1 atom stereocenters. The van der Waals surface area contributed by atoms with Crippen LogP contribution in [-0.2, 0) is 0 Å². The molecule has 88 valence electrons. The molecule has 0 fully saturated rings. The Kier molecular flexibility index (Phi) is 1.94. The summed E-state index contributed by atoms with van der Waals surface area (Å²) in [6, 6.07) is 5.64. The molecule has 1 rings (SSSR count). The van der Waals surface area contributed by atoms with Gasteiger partial charge in [0.05, 0.1) is 0 Å². The Morgan fingerprint density at radius 1 is 1.62 bits per heavy atom. The lowest BCUT2D eigenvalue weighted by atomic mass is 9.82. The monoisotopic (exact) mass is 245 g/mol. The first-order valence-corrected chi connectivity index (χ1v) is 5.30. The zero-order chi connectivity index (χ0) is 18.3.